The smallest absolute Gasteiger partial charge is 0.315 e. The van der Waals surface area contributed by atoms with Gasteiger partial charge in [-0.05, 0) is 37.1 Å². The third kappa shape index (κ3) is 8.35. The second-order valence-electron chi connectivity index (χ2n) is 5.69. The van der Waals surface area contributed by atoms with Crippen LogP contribution in [0.15, 0.2) is 67.0 Å². The van der Waals surface area contributed by atoms with Crippen molar-refractivity contribution in [1.82, 2.24) is 9.97 Å². The highest BCUT2D eigenvalue weighted by Gasteiger charge is 2.25. The van der Waals surface area contributed by atoms with Gasteiger partial charge in [0.1, 0.15) is 5.82 Å². The van der Waals surface area contributed by atoms with E-state index in [1.54, 1.807) is 62.6 Å². The van der Waals surface area contributed by atoms with E-state index in [1.807, 2.05) is 6.07 Å². The lowest BCUT2D eigenvalue weighted by molar-refractivity contribution is 0.0168. The molecule has 0 atom stereocenters. The number of aromatic nitrogens is 2. The average molecular weight is 376 g/mol. The molecule has 0 aliphatic rings. The number of halogens is 3. The minimum absolute atomic E-state index is 0.111. The van der Waals surface area contributed by atoms with E-state index >= 15 is 0 Å². The predicted octanol–water partition coefficient (Wildman–Crippen LogP) is 5.73. The second-order valence-corrected chi connectivity index (χ2v) is 5.69. The lowest BCUT2D eigenvalue weighted by atomic mass is 10.0. The topological polar surface area (TPSA) is 35.0 Å². The molecule has 1 heterocycles. The number of rotatable bonds is 2. The zero-order valence-corrected chi connectivity index (χ0v) is 15.8. The molecule has 0 aliphatic carbocycles. The molecule has 0 bridgehead atoms. The molecule has 0 spiro atoms. The van der Waals surface area contributed by atoms with Gasteiger partial charge in [-0.2, -0.15) is 0 Å². The molecule has 3 nitrogen and oxygen atoms in total. The molecule has 27 heavy (non-hydrogen) atoms. The first-order valence-electron chi connectivity index (χ1n) is 8.21. The number of hydrogen-bond donors (Lipinski definition) is 0. The van der Waals surface area contributed by atoms with Gasteiger partial charge in [0.05, 0.1) is 7.11 Å². The highest BCUT2D eigenvalue weighted by Crippen LogP contribution is 2.28. The maximum absolute atomic E-state index is 12.7. The van der Waals surface area contributed by atoms with Crippen molar-refractivity contribution in [2.24, 2.45) is 0 Å². The minimum atomic E-state index is -2.72. The molecule has 0 amide bonds. The highest BCUT2D eigenvalue weighted by atomic mass is 19.3. The fraction of sp³-hybridized carbons (Fsp3) is 0.238. The largest absolute Gasteiger partial charge is 0.467 e. The molecular formula is C21H23F3N2O. The first-order valence-corrected chi connectivity index (χ1v) is 8.21. The fourth-order valence-corrected chi connectivity index (χ4v) is 2.01. The lowest BCUT2D eigenvalue weighted by Crippen LogP contribution is -2.08. The Bertz CT molecular complexity index is 785. The Morgan fingerprint density at radius 1 is 0.815 bits per heavy atom. The molecule has 0 saturated carbocycles. The van der Waals surface area contributed by atoms with Crippen molar-refractivity contribution in [2.45, 2.75) is 26.7 Å². The molecule has 0 N–H and O–H groups in total. The SMILES string of the molecule is COc1ncccn1.Cc1ccccc1C(C)(F)F.Cc1ccccc1F. The van der Waals surface area contributed by atoms with Gasteiger partial charge >= 0.3 is 6.01 Å². The Balaban J connectivity index is 0.000000206. The third-order valence-electron chi connectivity index (χ3n) is 3.42. The van der Waals surface area contributed by atoms with Gasteiger partial charge in [-0.25, -0.2) is 23.1 Å². The van der Waals surface area contributed by atoms with Gasteiger partial charge in [0.15, 0.2) is 0 Å². The van der Waals surface area contributed by atoms with Crippen molar-refractivity contribution >= 4 is 0 Å². The van der Waals surface area contributed by atoms with Gasteiger partial charge in [0.25, 0.3) is 5.92 Å². The van der Waals surface area contributed by atoms with Gasteiger partial charge < -0.3 is 4.74 Å². The Hall–Kier alpha value is -2.89. The fourth-order valence-electron chi connectivity index (χ4n) is 2.01. The molecule has 0 fully saturated rings. The molecule has 3 rings (SSSR count). The molecule has 2 aromatic carbocycles. The van der Waals surface area contributed by atoms with E-state index in [4.69, 9.17) is 4.74 Å². The summed E-state index contributed by atoms with van der Waals surface area (Å²) in [6.45, 7) is 4.34. The van der Waals surface area contributed by atoms with Gasteiger partial charge in [-0.15, -0.1) is 0 Å². The summed E-state index contributed by atoms with van der Waals surface area (Å²) in [5, 5.41) is 0. The van der Waals surface area contributed by atoms with Gasteiger partial charge in [-0.1, -0.05) is 42.5 Å². The lowest BCUT2D eigenvalue weighted by Gasteiger charge is -2.12. The Morgan fingerprint density at radius 2 is 1.33 bits per heavy atom. The monoisotopic (exact) mass is 376 g/mol. The molecule has 0 aliphatic heterocycles. The molecule has 3 aromatic rings. The number of benzene rings is 2. The van der Waals surface area contributed by atoms with Crippen LogP contribution in [0.1, 0.15) is 23.6 Å². The molecule has 0 unspecified atom stereocenters. The minimum Gasteiger partial charge on any atom is -0.467 e. The van der Waals surface area contributed by atoms with E-state index in [9.17, 15) is 13.2 Å². The summed E-state index contributed by atoms with van der Waals surface area (Å²) >= 11 is 0. The van der Waals surface area contributed by atoms with Gasteiger partial charge in [0, 0.05) is 24.9 Å². The molecular weight excluding hydrogens is 353 g/mol. The number of alkyl halides is 2. The van der Waals surface area contributed by atoms with Crippen LogP contribution in [-0.2, 0) is 5.92 Å². The number of ether oxygens (including phenoxy) is 1. The van der Waals surface area contributed by atoms with E-state index in [2.05, 4.69) is 9.97 Å². The number of aryl methyl sites for hydroxylation is 2. The first kappa shape index (κ1) is 22.2. The van der Waals surface area contributed by atoms with Crippen molar-refractivity contribution in [1.29, 1.82) is 0 Å². The van der Waals surface area contributed by atoms with Crippen LogP contribution in [0.2, 0.25) is 0 Å². The molecule has 0 radical (unpaired) electrons. The standard InChI is InChI=1S/C9H10F2.C7H7F.C5H6N2O/c1-7-5-3-4-6-8(7)9(2,10)11;1-6-4-2-3-5-7(6)8;1-8-5-6-3-2-4-7-5/h3-6H,1-2H3;2-5H,1H3;2-4H,1H3. The van der Waals surface area contributed by atoms with Crippen molar-refractivity contribution in [2.75, 3.05) is 7.11 Å². The van der Waals surface area contributed by atoms with Crippen LogP contribution in [-0.4, -0.2) is 17.1 Å². The zero-order chi connectivity index (χ0) is 20.3. The molecule has 144 valence electrons. The van der Waals surface area contributed by atoms with Crippen molar-refractivity contribution in [3.05, 3.63) is 89.5 Å². The van der Waals surface area contributed by atoms with E-state index in [-0.39, 0.29) is 11.4 Å². The Kier molecular flexibility index (Phi) is 8.99. The Labute approximate surface area is 157 Å². The van der Waals surface area contributed by atoms with Crippen LogP contribution in [0.4, 0.5) is 13.2 Å². The summed E-state index contributed by atoms with van der Waals surface area (Å²) in [4.78, 5) is 7.53. The van der Waals surface area contributed by atoms with Crippen LogP contribution in [0.25, 0.3) is 0 Å². The summed E-state index contributed by atoms with van der Waals surface area (Å²) in [6, 6.07) is 15.4. The normalized spacial score (nSPS) is 10.0. The van der Waals surface area contributed by atoms with Crippen LogP contribution < -0.4 is 4.74 Å². The number of hydrogen-bond acceptors (Lipinski definition) is 3. The van der Waals surface area contributed by atoms with Gasteiger partial charge in [0.2, 0.25) is 0 Å². The maximum Gasteiger partial charge on any atom is 0.315 e. The van der Waals surface area contributed by atoms with Crippen molar-refractivity contribution < 1.29 is 17.9 Å². The summed E-state index contributed by atoms with van der Waals surface area (Å²) in [6.07, 6.45) is 3.26. The van der Waals surface area contributed by atoms with E-state index in [0.717, 1.165) is 6.92 Å². The number of nitrogens with zero attached hydrogens (tertiary/aromatic N) is 2. The van der Waals surface area contributed by atoms with Crippen LogP contribution in [0.3, 0.4) is 0 Å². The summed E-state index contributed by atoms with van der Waals surface area (Å²) < 4.78 is 42.4. The van der Waals surface area contributed by atoms with Crippen LogP contribution >= 0.6 is 0 Å². The molecule has 6 heteroatoms. The third-order valence-corrected chi connectivity index (χ3v) is 3.42. The Morgan fingerprint density at radius 3 is 1.67 bits per heavy atom. The maximum atomic E-state index is 12.7. The number of methoxy groups -OCH3 is 1. The highest BCUT2D eigenvalue weighted by molar-refractivity contribution is 5.28. The average Bonchev–Trinajstić information content (AvgIpc) is 2.65. The van der Waals surface area contributed by atoms with Crippen molar-refractivity contribution in [3.8, 4) is 6.01 Å². The van der Waals surface area contributed by atoms with Crippen LogP contribution in [0.5, 0.6) is 6.01 Å². The van der Waals surface area contributed by atoms with E-state index < -0.39 is 5.92 Å². The molecule has 1 aromatic heterocycles. The van der Waals surface area contributed by atoms with E-state index in [1.165, 1.54) is 19.2 Å². The predicted molar refractivity (Wildman–Crippen MR) is 100 cm³/mol. The summed E-state index contributed by atoms with van der Waals surface area (Å²) in [5.41, 5.74) is 1.45. The van der Waals surface area contributed by atoms with E-state index in [0.29, 0.717) is 17.1 Å². The quantitative estimate of drug-likeness (QED) is 0.573. The zero-order valence-electron chi connectivity index (χ0n) is 15.8. The second kappa shape index (κ2) is 11.0. The van der Waals surface area contributed by atoms with Gasteiger partial charge in [-0.3, -0.25) is 0 Å². The van der Waals surface area contributed by atoms with Crippen molar-refractivity contribution in [3.63, 3.8) is 0 Å². The first-order chi connectivity index (χ1) is 12.8. The summed E-state index contributed by atoms with van der Waals surface area (Å²) in [7, 11) is 1.54. The van der Waals surface area contributed by atoms with Crippen LogP contribution in [0, 0.1) is 19.7 Å². The summed E-state index contributed by atoms with van der Waals surface area (Å²) in [5.74, 6) is -2.85. The molecule has 0 saturated heterocycles.